The zero-order valence-corrected chi connectivity index (χ0v) is 10.8. The van der Waals surface area contributed by atoms with Crippen LogP contribution >= 0.6 is 11.6 Å². The molecule has 3 rings (SSSR count). The summed E-state index contributed by atoms with van der Waals surface area (Å²) in [6, 6.07) is 14.2. The van der Waals surface area contributed by atoms with Crippen molar-refractivity contribution in [3.05, 3.63) is 58.6 Å². The number of fused-ring (bicyclic) bond motifs is 1. The first-order valence-electron chi connectivity index (χ1n) is 6.10. The lowest BCUT2D eigenvalue weighted by Gasteiger charge is -2.31. The topological polar surface area (TPSA) is 29.3 Å². The second kappa shape index (κ2) is 4.54. The minimum absolute atomic E-state index is 0.783. The summed E-state index contributed by atoms with van der Waals surface area (Å²) in [4.78, 5) is 2.34. The van der Waals surface area contributed by atoms with E-state index < -0.39 is 0 Å². The maximum Gasteiger partial charge on any atom is 0.0433 e. The van der Waals surface area contributed by atoms with E-state index in [9.17, 15) is 0 Å². The van der Waals surface area contributed by atoms with Gasteiger partial charge in [0.15, 0.2) is 0 Å². The molecule has 0 bridgehead atoms. The molecule has 0 atom stereocenters. The fraction of sp³-hybridized carbons (Fsp3) is 0.200. The quantitative estimate of drug-likeness (QED) is 0.794. The van der Waals surface area contributed by atoms with Crippen LogP contribution in [0.25, 0.3) is 0 Å². The molecule has 0 aromatic heterocycles. The molecule has 0 saturated heterocycles. The van der Waals surface area contributed by atoms with Crippen LogP contribution in [0.2, 0.25) is 5.02 Å². The van der Waals surface area contributed by atoms with E-state index >= 15 is 0 Å². The van der Waals surface area contributed by atoms with E-state index in [1.54, 1.807) is 0 Å². The maximum atomic E-state index is 6.04. The van der Waals surface area contributed by atoms with Crippen molar-refractivity contribution in [1.82, 2.24) is 0 Å². The molecule has 1 aliphatic heterocycles. The second-order valence-electron chi connectivity index (χ2n) is 4.68. The van der Waals surface area contributed by atoms with Gasteiger partial charge in [0.05, 0.1) is 0 Å². The van der Waals surface area contributed by atoms with Gasteiger partial charge in [-0.05, 0) is 47.9 Å². The number of rotatable bonds is 1. The summed E-state index contributed by atoms with van der Waals surface area (Å²) in [5, 5.41) is 0.783. The van der Waals surface area contributed by atoms with Crippen LogP contribution in [0.5, 0.6) is 0 Å². The fourth-order valence-electron chi connectivity index (χ4n) is 2.47. The second-order valence-corrected chi connectivity index (χ2v) is 5.12. The summed E-state index contributed by atoms with van der Waals surface area (Å²) in [6.07, 6.45) is 1.06. The SMILES string of the molecule is Nc1ccc2c(c1)CN(c1cccc(Cl)c1)CC2. The molecule has 2 aromatic rings. The van der Waals surface area contributed by atoms with Crippen molar-refractivity contribution in [2.24, 2.45) is 0 Å². The summed E-state index contributed by atoms with van der Waals surface area (Å²) < 4.78 is 0. The molecule has 0 fully saturated rings. The number of benzene rings is 2. The highest BCUT2D eigenvalue weighted by Gasteiger charge is 2.16. The van der Waals surface area contributed by atoms with E-state index in [2.05, 4.69) is 23.1 Å². The van der Waals surface area contributed by atoms with E-state index in [4.69, 9.17) is 17.3 Å². The van der Waals surface area contributed by atoms with Gasteiger partial charge in [-0.1, -0.05) is 23.7 Å². The minimum Gasteiger partial charge on any atom is -0.399 e. The smallest absolute Gasteiger partial charge is 0.0433 e. The summed E-state index contributed by atoms with van der Waals surface area (Å²) in [6.45, 7) is 1.93. The molecule has 3 heteroatoms. The molecule has 92 valence electrons. The Balaban J connectivity index is 1.90. The van der Waals surface area contributed by atoms with Crippen LogP contribution in [-0.4, -0.2) is 6.54 Å². The highest BCUT2D eigenvalue weighted by Crippen LogP contribution is 2.27. The van der Waals surface area contributed by atoms with Crippen molar-refractivity contribution in [2.45, 2.75) is 13.0 Å². The van der Waals surface area contributed by atoms with Crippen LogP contribution in [0.4, 0.5) is 11.4 Å². The van der Waals surface area contributed by atoms with Crippen molar-refractivity contribution in [3.63, 3.8) is 0 Å². The maximum absolute atomic E-state index is 6.04. The van der Waals surface area contributed by atoms with Crippen molar-refractivity contribution >= 4 is 23.0 Å². The third-order valence-corrected chi connectivity index (χ3v) is 3.65. The first-order chi connectivity index (χ1) is 8.72. The number of nitrogens with zero attached hydrogens (tertiary/aromatic N) is 1. The molecule has 0 spiro atoms. The molecule has 18 heavy (non-hydrogen) atoms. The van der Waals surface area contributed by atoms with Gasteiger partial charge in [0.1, 0.15) is 0 Å². The number of nitrogen functional groups attached to an aromatic ring is 1. The fourth-order valence-corrected chi connectivity index (χ4v) is 2.65. The van der Waals surface area contributed by atoms with Gasteiger partial charge in [-0.15, -0.1) is 0 Å². The Hall–Kier alpha value is -1.67. The zero-order valence-electron chi connectivity index (χ0n) is 10.1. The van der Waals surface area contributed by atoms with Gasteiger partial charge in [0.25, 0.3) is 0 Å². The first kappa shape index (κ1) is 11.4. The third-order valence-electron chi connectivity index (χ3n) is 3.42. The molecule has 1 aliphatic rings. The van der Waals surface area contributed by atoms with E-state index in [0.717, 1.165) is 30.2 Å². The number of hydrogen-bond donors (Lipinski definition) is 1. The van der Waals surface area contributed by atoms with Crippen LogP contribution in [0.15, 0.2) is 42.5 Å². The molecular weight excluding hydrogens is 244 g/mol. The van der Waals surface area contributed by atoms with Gasteiger partial charge in [-0.3, -0.25) is 0 Å². The van der Waals surface area contributed by atoms with E-state index in [-0.39, 0.29) is 0 Å². The average Bonchev–Trinajstić information content (AvgIpc) is 2.38. The normalized spacial score (nSPS) is 14.4. The molecule has 2 N–H and O–H groups in total. The lowest BCUT2D eigenvalue weighted by molar-refractivity contribution is 0.732. The predicted octanol–water partition coefficient (Wildman–Crippen LogP) is 3.48. The van der Waals surface area contributed by atoms with Crippen molar-refractivity contribution in [2.75, 3.05) is 17.2 Å². The Bertz CT molecular complexity index is 580. The van der Waals surface area contributed by atoms with Gasteiger partial charge in [-0.25, -0.2) is 0 Å². The molecule has 2 nitrogen and oxygen atoms in total. The highest BCUT2D eigenvalue weighted by atomic mass is 35.5. The van der Waals surface area contributed by atoms with E-state index in [1.165, 1.54) is 16.8 Å². The van der Waals surface area contributed by atoms with Gasteiger partial charge in [0, 0.05) is 29.5 Å². The average molecular weight is 259 g/mol. The summed E-state index contributed by atoms with van der Waals surface area (Å²) in [5.41, 5.74) is 10.6. The van der Waals surface area contributed by atoms with Crippen molar-refractivity contribution < 1.29 is 0 Å². The standard InChI is InChI=1S/C15H15ClN2/c16-13-2-1-3-15(9-13)18-7-6-11-4-5-14(17)8-12(11)10-18/h1-5,8-9H,6-7,10,17H2. The largest absolute Gasteiger partial charge is 0.399 e. The summed E-state index contributed by atoms with van der Waals surface area (Å²) in [5.74, 6) is 0. The Morgan fingerprint density at radius 3 is 2.78 bits per heavy atom. The first-order valence-corrected chi connectivity index (χ1v) is 6.48. The summed E-state index contributed by atoms with van der Waals surface area (Å²) >= 11 is 6.04. The lowest BCUT2D eigenvalue weighted by Crippen LogP contribution is -2.30. The molecule has 2 aromatic carbocycles. The Morgan fingerprint density at radius 2 is 1.94 bits per heavy atom. The zero-order chi connectivity index (χ0) is 12.5. The number of anilines is 2. The van der Waals surface area contributed by atoms with Gasteiger partial charge in [0.2, 0.25) is 0 Å². The van der Waals surface area contributed by atoms with Gasteiger partial charge >= 0.3 is 0 Å². The lowest BCUT2D eigenvalue weighted by atomic mass is 9.99. The molecule has 0 saturated carbocycles. The molecule has 0 radical (unpaired) electrons. The van der Waals surface area contributed by atoms with Gasteiger partial charge in [-0.2, -0.15) is 0 Å². The number of nitrogens with two attached hydrogens (primary N) is 1. The van der Waals surface area contributed by atoms with Crippen molar-refractivity contribution in [1.29, 1.82) is 0 Å². The molecule has 0 unspecified atom stereocenters. The molecule has 1 heterocycles. The summed E-state index contributed by atoms with van der Waals surface area (Å²) in [7, 11) is 0. The van der Waals surface area contributed by atoms with Crippen LogP contribution in [0, 0.1) is 0 Å². The van der Waals surface area contributed by atoms with E-state index in [1.807, 2.05) is 24.3 Å². The Morgan fingerprint density at radius 1 is 1.06 bits per heavy atom. The highest BCUT2D eigenvalue weighted by molar-refractivity contribution is 6.30. The van der Waals surface area contributed by atoms with Crippen LogP contribution < -0.4 is 10.6 Å². The van der Waals surface area contributed by atoms with Crippen LogP contribution in [-0.2, 0) is 13.0 Å². The minimum atomic E-state index is 0.783. The third kappa shape index (κ3) is 2.16. The van der Waals surface area contributed by atoms with Crippen LogP contribution in [0.3, 0.4) is 0 Å². The van der Waals surface area contributed by atoms with E-state index in [0.29, 0.717) is 0 Å². The van der Waals surface area contributed by atoms with Gasteiger partial charge < -0.3 is 10.6 Å². The Kier molecular flexibility index (Phi) is 2.88. The monoisotopic (exact) mass is 258 g/mol. The number of hydrogen-bond acceptors (Lipinski definition) is 2. The Labute approximate surface area is 112 Å². The van der Waals surface area contributed by atoms with Crippen LogP contribution in [0.1, 0.15) is 11.1 Å². The predicted molar refractivity (Wildman–Crippen MR) is 77.1 cm³/mol. The molecule has 0 aliphatic carbocycles. The number of halogens is 1. The molecular formula is C15H15ClN2. The molecule has 0 amide bonds. The van der Waals surface area contributed by atoms with Crippen molar-refractivity contribution in [3.8, 4) is 0 Å².